The number of alkyl carbamates (subject to hydrolysis) is 1. The Morgan fingerprint density at radius 1 is 1.42 bits per heavy atom. The second-order valence-corrected chi connectivity index (χ2v) is 9.77. The van der Waals surface area contributed by atoms with Crippen LogP contribution in [0.4, 0.5) is 4.79 Å². The molecule has 0 saturated carbocycles. The summed E-state index contributed by atoms with van der Waals surface area (Å²) in [4.78, 5) is 15.2. The van der Waals surface area contributed by atoms with Gasteiger partial charge in [0.1, 0.15) is 5.76 Å². The molecule has 1 saturated heterocycles. The zero-order valence-electron chi connectivity index (χ0n) is 19.1. The van der Waals surface area contributed by atoms with E-state index < -0.39 is 6.09 Å². The third kappa shape index (κ3) is 2.69. The number of hydrogen-bond donors (Lipinski definition) is 2. The van der Waals surface area contributed by atoms with Gasteiger partial charge in [-0.2, -0.15) is 0 Å². The number of benzene rings is 1. The van der Waals surface area contributed by atoms with Crippen LogP contribution in [0.15, 0.2) is 24.0 Å². The third-order valence-corrected chi connectivity index (χ3v) is 8.19. The molecule has 2 heterocycles. The molecule has 168 valence electrons. The van der Waals surface area contributed by atoms with Crippen molar-refractivity contribution < 1.29 is 19.0 Å². The average molecular weight is 428 g/mol. The maximum atomic E-state index is 12.7. The van der Waals surface area contributed by atoms with Crippen LogP contribution in [0.1, 0.15) is 37.8 Å². The summed E-state index contributed by atoms with van der Waals surface area (Å²) >= 11 is 0. The van der Waals surface area contributed by atoms with E-state index in [-0.39, 0.29) is 23.0 Å². The second-order valence-electron chi connectivity index (χ2n) is 9.77. The fourth-order valence-corrected chi connectivity index (χ4v) is 6.73. The number of allylic oxidation sites excluding steroid dienone is 1. The van der Waals surface area contributed by atoms with E-state index in [1.807, 2.05) is 20.0 Å². The number of nitrogens with one attached hydrogen (secondary N) is 2. The van der Waals surface area contributed by atoms with E-state index in [0.717, 1.165) is 37.3 Å². The molecule has 0 radical (unpaired) electrons. The normalized spacial score (nSPS) is 33.6. The standard InChI is InChI=1S/C24H33N3O4/c1-14(13-25-3)26-22(28)30-17-8-9-23(2)18-12-15-6-7-16(29-5)20-19(15)24(23,21(17)31-20)10-11-27(18)4/h6-8,14,18,21,25H,9-13H2,1-5H3,(H,26,28)/t14?,18-,21?,23+,24+/m1/s1. The lowest BCUT2D eigenvalue weighted by atomic mass is 9.45. The highest BCUT2D eigenvalue weighted by atomic mass is 16.6. The second kappa shape index (κ2) is 7.14. The summed E-state index contributed by atoms with van der Waals surface area (Å²) in [5, 5.41) is 5.97. The highest BCUT2D eigenvalue weighted by molar-refractivity contribution is 5.70. The van der Waals surface area contributed by atoms with Crippen molar-refractivity contribution in [2.24, 2.45) is 5.41 Å². The first-order valence-electron chi connectivity index (χ1n) is 11.3. The molecule has 2 N–H and O–H groups in total. The molecule has 1 aromatic carbocycles. The van der Waals surface area contributed by atoms with Gasteiger partial charge in [-0.1, -0.05) is 13.0 Å². The molecule has 0 aromatic heterocycles. The van der Waals surface area contributed by atoms with Crippen molar-refractivity contribution in [3.8, 4) is 11.5 Å². The fraction of sp³-hybridized carbons (Fsp3) is 0.625. The zero-order chi connectivity index (χ0) is 22.0. The Morgan fingerprint density at radius 3 is 2.97 bits per heavy atom. The smallest absolute Gasteiger partial charge is 0.412 e. The fourth-order valence-electron chi connectivity index (χ4n) is 6.73. The van der Waals surface area contributed by atoms with Crippen LogP contribution in [0.25, 0.3) is 0 Å². The number of piperidine rings is 1. The number of ether oxygens (including phenoxy) is 3. The van der Waals surface area contributed by atoms with Gasteiger partial charge in [-0.3, -0.25) is 0 Å². The summed E-state index contributed by atoms with van der Waals surface area (Å²) in [6.45, 7) is 6.01. The van der Waals surface area contributed by atoms with Crippen molar-refractivity contribution >= 4 is 6.09 Å². The molecule has 7 nitrogen and oxygen atoms in total. The van der Waals surface area contributed by atoms with Crippen LogP contribution >= 0.6 is 0 Å². The van der Waals surface area contributed by atoms with E-state index in [0.29, 0.717) is 18.3 Å². The van der Waals surface area contributed by atoms with Gasteiger partial charge in [-0.25, -0.2) is 4.79 Å². The van der Waals surface area contributed by atoms with Gasteiger partial charge in [0.05, 0.1) is 12.5 Å². The highest BCUT2D eigenvalue weighted by Gasteiger charge is 2.70. The Hall–Kier alpha value is -2.25. The topological polar surface area (TPSA) is 72.1 Å². The van der Waals surface area contributed by atoms with Crippen molar-refractivity contribution in [3.05, 3.63) is 35.1 Å². The summed E-state index contributed by atoms with van der Waals surface area (Å²) in [6.07, 6.45) is 4.16. The van der Waals surface area contributed by atoms with Gasteiger partial charge in [0.2, 0.25) is 0 Å². The quantitative estimate of drug-likeness (QED) is 0.753. The van der Waals surface area contributed by atoms with Crippen molar-refractivity contribution in [1.82, 2.24) is 15.5 Å². The Bertz CT molecular complexity index is 947. The van der Waals surface area contributed by atoms with Crippen LogP contribution in [0.2, 0.25) is 0 Å². The van der Waals surface area contributed by atoms with Crippen LogP contribution in [0.5, 0.6) is 11.5 Å². The Labute approximate surface area is 184 Å². The van der Waals surface area contributed by atoms with Gasteiger partial charge in [0.25, 0.3) is 0 Å². The van der Waals surface area contributed by atoms with E-state index in [9.17, 15) is 4.79 Å². The van der Waals surface area contributed by atoms with E-state index >= 15 is 0 Å². The first-order chi connectivity index (χ1) is 14.9. The van der Waals surface area contributed by atoms with Gasteiger partial charge >= 0.3 is 6.09 Å². The van der Waals surface area contributed by atoms with E-state index in [2.05, 4.69) is 41.6 Å². The summed E-state index contributed by atoms with van der Waals surface area (Å²) in [5.74, 6) is 2.22. The molecule has 2 aliphatic heterocycles. The van der Waals surface area contributed by atoms with Crippen LogP contribution in [-0.4, -0.2) is 63.5 Å². The monoisotopic (exact) mass is 427 g/mol. The van der Waals surface area contributed by atoms with Crippen molar-refractivity contribution in [3.63, 3.8) is 0 Å². The molecule has 1 amide bonds. The molecule has 1 fully saturated rings. The highest BCUT2D eigenvalue weighted by Crippen LogP contribution is 2.68. The lowest BCUT2D eigenvalue weighted by Crippen LogP contribution is -2.69. The maximum absolute atomic E-state index is 12.7. The Kier molecular flexibility index (Phi) is 4.75. The number of hydrogen-bond acceptors (Lipinski definition) is 6. The van der Waals surface area contributed by atoms with Gasteiger partial charge in [-0.15, -0.1) is 0 Å². The summed E-state index contributed by atoms with van der Waals surface area (Å²) in [6, 6.07) is 4.60. The van der Waals surface area contributed by atoms with Gasteiger partial charge in [0.15, 0.2) is 17.6 Å². The van der Waals surface area contributed by atoms with Crippen molar-refractivity contribution in [2.75, 3.05) is 34.3 Å². The minimum Gasteiger partial charge on any atom is -0.493 e. The predicted octanol–water partition coefficient (Wildman–Crippen LogP) is 2.58. The van der Waals surface area contributed by atoms with Gasteiger partial charge in [-0.05, 0) is 64.5 Å². The minimum atomic E-state index is -0.430. The molecule has 5 atom stereocenters. The maximum Gasteiger partial charge on any atom is 0.412 e. The largest absolute Gasteiger partial charge is 0.493 e. The zero-order valence-corrected chi connectivity index (χ0v) is 19.1. The number of likely N-dealkylation sites (N-methyl/N-ethyl adjacent to an activating group) is 2. The van der Waals surface area contributed by atoms with Crippen LogP contribution in [0, 0.1) is 5.41 Å². The number of nitrogens with zero attached hydrogens (tertiary/aromatic N) is 1. The number of amides is 1. The predicted molar refractivity (Wildman–Crippen MR) is 118 cm³/mol. The van der Waals surface area contributed by atoms with Crippen LogP contribution in [-0.2, 0) is 16.6 Å². The van der Waals surface area contributed by atoms with Gasteiger partial charge in [0, 0.05) is 29.6 Å². The summed E-state index contributed by atoms with van der Waals surface area (Å²) in [5.41, 5.74) is 2.39. The van der Waals surface area contributed by atoms with Gasteiger partial charge < -0.3 is 29.7 Å². The molecule has 2 unspecified atom stereocenters. The molecular formula is C24H33N3O4. The number of methoxy groups -OCH3 is 1. The van der Waals surface area contributed by atoms with Crippen LogP contribution < -0.4 is 20.1 Å². The number of likely N-dealkylation sites (tertiary alicyclic amines) is 1. The van der Waals surface area contributed by atoms with E-state index in [4.69, 9.17) is 14.2 Å². The Balaban J connectivity index is 1.57. The molecule has 4 aliphatic rings. The molecule has 1 aromatic rings. The number of carbonyl (C=O) groups is 1. The molecule has 2 bridgehead atoms. The molecule has 2 aliphatic carbocycles. The molecule has 7 heteroatoms. The number of rotatable bonds is 5. The average Bonchev–Trinajstić information content (AvgIpc) is 3.08. The molecule has 5 rings (SSSR count). The lowest BCUT2D eigenvalue weighted by molar-refractivity contribution is -0.0865. The summed E-state index contributed by atoms with van der Waals surface area (Å²) in [7, 11) is 5.78. The molecule has 31 heavy (non-hydrogen) atoms. The first-order valence-corrected chi connectivity index (χ1v) is 11.3. The van der Waals surface area contributed by atoms with Crippen LogP contribution in [0.3, 0.4) is 0 Å². The molecule has 1 spiro atoms. The van der Waals surface area contributed by atoms with Crippen molar-refractivity contribution in [2.45, 2.75) is 56.7 Å². The summed E-state index contributed by atoms with van der Waals surface area (Å²) < 4.78 is 18.2. The molecular weight excluding hydrogens is 394 g/mol. The number of carbonyl (C=O) groups excluding carboxylic acids is 1. The SMILES string of the molecule is CNCC(C)NC(=O)OC1=CC[C@@]2(C)[C@H]3Cc4ccc(OC)c5c4[C@@]2(CCN3C)C1O5. The van der Waals surface area contributed by atoms with E-state index in [1.165, 1.54) is 11.1 Å². The van der Waals surface area contributed by atoms with E-state index in [1.54, 1.807) is 7.11 Å². The minimum absolute atomic E-state index is 0.00194. The lowest BCUT2D eigenvalue weighted by Gasteiger charge is -2.63. The van der Waals surface area contributed by atoms with Crippen molar-refractivity contribution in [1.29, 1.82) is 0 Å². The first kappa shape index (κ1) is 20.6. The Morgan fingerprint density at radius 2 is 2.23 bits per heavy atom. The third-order valence-electron chi connectivity index (χ3n) is 8.19.